The number of ketones is 1. The first kappa shape index (κ1) is 21.1. The van der Waals surface area contributed by atoms with Crippen molar-refractivity contribution in [3.63, 3.8) is 0 Å². The molecule has 0 aliphatic carbocycles. The van der Waals surface area contributed by atoms with E-state index in [9.17, 15) is 4.79 Å². The molecule has 2 aliphatic rings. The van der Waals surface area contributed by atoms with E-state index in [1.807, 2.05) is 43.3 Å². The maximum absolute atomic E-state index is 13.2. The molecule has 0 amide bonds. The third-order valence-electron chi connectivity index (χ3n) is 5.96. The van der Waals surface area contributed by atoms with E-state index in [0.717, 1.165) is 29.0 Å². The zero-order valence-corrected chi connectivity index (χ0v) is 18.9. The molecule has 0 fully saturated rings. The van der Waals surface area contributed by atoms with Crippen molar-refractivity contribution in [1.82, 2.24) is 4.90 Å². The van der Waals surface area contributed by atoms with Crippen LogP contribution in [0.2, 0.25) is 0 Å². The van der Waals surface area contributed by atoms with Crippen LogP contribution in [-0.2, 0) is 13.1 Å². The minimum Gasteiger partial charge on any atom is -0.493 e. The Morgan fingerprint density at radius 1 is 1.00 bits per heavy atom. The summed E-state index contributed by atoms with van der Waals surface area (Å²) in [5.41, 5.74) is 4.44. The summed E-state index contributed by atoms with van der Waals surface area (Å²) in [5, 5.41) is 0. The summed E-state index contributed by atoms with van der Waals surface area (Å²) in [6.07, 6.45) is 1.73. The predicted molar refractivity (Wildman–Crippen MR) is 125 cm³/mol. The standard InChI is InChI=1S/C27H25NO5/c1-17-26-20(15-28(16-32-26)14-18-7-5-4-6-8-18)13-21-25(29)24(33-27(17)21)12-19-9-10-22(30-2)23(11-19)31-3/h4-13H,14-16H2,1-3H3/b24-12-. The van der Waals surface area contributed by atoms with Crippen molar-refractivity contribution in [3.05, 3.63) is 88.2 Å². The van der Waals surface area contributed by atoms with Crippen LogP contribution in [0, 0.1) is 6.92 Å². The lowest BCUT2D eigenvalue weighted by atomic mass is 10.00. The van der Waals surface area contributed by atoms with Crippen molar-refractivity contribution < 1.29 is 23.7 Å². The fraction of sp³-hybridized carbons (Fsp3) is 0.222. The molecular formula is C27H25NO5. The molecule has 0 N–H and O–H groups in total. The van der Waals surface area contributed by atoms with Gasteiger partial charge in [-0.25, -0.2) is 0 Å². The van der Waals surface area contributed by atoms with E-state index < -0.39 is 0 Å². The van der Waals surface area contributed by atoms with E-state index in [2.05, 4.69) is 17.0 Å². The van der Waals surface area contributed by atoms with Gasteiger partial charge in [-0.15, -0.1) is 0 Å². The lowest BCUT2D eigenvalue weighted by Crippen LogP contribution is -2.32. The summed E-state index contributed by atoms with van der Waals surface area (Å²) in [6, 6.07) is 17.7. The summed E-state index contributed by atoms with van der Waals surface area (Å²) in [6.45, 7) is 3.92. The van der Waals surface area contributed by atoms with Crippen LogP contribution < -0.4 is 18.9 Å². The number of hydrogen-bond acceptors (Lipinski definition) is 6. The van der Waals surface area contributed by atoms with Gasteiger partial charge in [-0.05, 0) is 42.3 Å². The molecule has 0 atom stereocenters. The number of ether oxygens (including phenoxy) is 4. The highest BCUT2D eigenvalue weighted by Crippen LogP contribution is 2.43. The van der Waals surface area contributed by atoms with Crippen LogP contribution in [0.15, 0.2) is 60.4 Å². The maximum Gasteiger partial charge on any atom is 0.231 e. The summed E-state index contributed by atoms with van der Waals surface area (Å²) in [7, 11) is 3.17. The van der Waals surface area contributed by atoms with Crippen molar-refractivity contribution in [1.29, 1.82) is 0 Å². The van der Waals surface area contributed by atoms with Gasteiger partial charge in [0.05, 0.1) is 19.8 Å². The fourth-order valence-corrected chi connectivity index (χ4v) is 4.33. The van der Waals surface area contributed by atoms with Gasteiger partial charge < -0.3 is 18.9 Å². The number of fused-ring (bicyclic) bond motifs is 2. The van der Waals surface area contributed by atoms with Gasteiger partial charge >= 0.3 is 0 Å². The summed E-state index contributed by atoms with van der Waals surface area (Å²) in [5.74, 6) is 2.74. The number of rotatable bonds is 5. The third kappa shape index (κ3) is 3.94. The van der Waals surface area contributed by atoms with E-state index in [-0.39, 0.29) is 11.5 Å². The average Bonchev–Trinajstić information content (AvgIpc) is 3.15. The summed E-state index contributed by atoms with van der Waals surface area (Å²) < 4.78 is 22.8. The molecule has 6 heteroatoms. The number of carbonyl (C=O) groups excluding carboxylic acids is 1. The van der Waals surface area contributed by atoms with Crippen LogP contribution in [0.5, 0.6) is 23.0 Å². The first-order chi connectivity index (χ1) is 16.1. The molecule has 33 heavy (non-hydrogen) atoms. The van der Waals surface area contributed by atoms with E-state index in [1.165, 1.54) is 5.56 Å². The van der Waals surface area contributed by atoms with Gasteiger partial charge in [0, 0.05) is 24.2 Å². The number of benzene rings is 3. The van der Waals surface area contributed by atoms with Crippen LogP contribution in [0.3, 0.4) is 0 Å². The molecule has 2 aliphatic heterocycles. The lowest BCUT2D eigenvalue weighted by Gasteiger charge is -2.30. The Hall–Kier alpha value is -3.77. The molecule has 6 nitrogen and oxygen atoms in total. The number of Topliss-reactive ketones (excluding diaryl/α,β-unsaturated/α-hetero) is 1. The summed E-state index contributed by atoms with van der Waals surface area (Å²) >= 11 is 0. The van der Waals surface area contributed by atoms with E-state index in [0.29, 0.717) is 36.1 Å². The highest BCUT2D eigenvalue weighted by Gasteiger charge is 2.33. The SMILES string of the molecule is COc1ccc(/C=C2\Oc3c(cc4c(c3C)OCN(Cc3ccccc3)C4)C2=O)cc1OC. The molecule has 5 rings (SSSR count). The van der Waals surface area contributed by atoms with Crippen LogP contribution in [0.4, 0.5) is 0 Å². The third-order valence-corrected chi connectivity index (χ3v) is 5.96. The van der Waals surface area contributed by atoms with E-state index in [1.54, 1.807) is 26.4 Å². The van der Waals surface area contributed by atoms with Crippen LogP contribution >= 0.6 is 0 Å². The number of allylic oxidation sites excluding steroid dienone is 1. The predicted octanol–water partition coefficient (Wildman–Crippen LogP) is 4.98. The quantitative estimate of drug-likeness (QED) is 0.519. The fourth-order valence-electron chi connectivity index (χ4n) is 4.33. The molecule has 0 spiro atoms. The molecule has 3 aromatic carbocycles. The normalized spacial score (nSPS) is 16.1. The average molecular weight is 443 g/mol. The van der Waals surface area contributed by atoms with Crippen molar-refractivity contribution in [2.45, 2.75) is 20.0 Å². The zero-order chi connectivity index (χ0) is 22.9. The second-order valence-corrected chi connectivity index (χ2v) is 8.17. The molecule has 0 saturated carbocycles. The molecular weight excluding hydrogens is 418 g/mol. The van der Waals surface area contributed by atoms with Crippen LogP contribution in [0.1, 0.15) is 32.6 Å². The van der Waals surface area contributed by atoms with Gasteiger partial charge in [-0.3, -0.25) is 9.69 Å². The Morgan fingerprint density at radius 2 is 1.79 bits per heavy atom. The second-order valence-electron chi connectivity index (χ2n) is 8.17. The van der Waals surface area contributed by atoms with Gasteiger partial charge in [0.25, 0.3) is 0 Å². The van der Waals surface area contributed by atoms with Crippen LogP contribution in [0.25, 0.3) is 6.08 Å². The highest BCUT2D eigenvalue weighted by molar-refractivity contribution is 6.15. The van der Waals surface area contributed by atoms with E-state index >= 15 is 0 Å². The number of hydrogen-bond donors (Lipinski definition) is 0. The molecule has 0 saturated heterocycles. The van der Waals surface area contributed by atoms with Gasteiger partial charge in [0.1, 0.15) is 18.2 Å². The largest absolute Gasteiger partial charge is 0.493 e. The van der Waals surface area contributed by atoms with Crippen molar-refractivity contribution in [2.24, 2.45) is 0 Å². The zero-order valence-electron chi connectivity index (χ0n) is 18.9. The topological polar surface area (TPSA) is 57.2 Å². The van der Waals surface area contributed by atoms with Gasteiger partial charge in [-0.2, -0.15) is 0 Å². The maximum atomic E-state index is 13.2. The molecule has 2 heterocycles. The Bertz CT molecular complexity index is 1250. The second kappa shape index (κ2) is 8.64. The molecule has 3 aromatic rings. The highest BCUT2D eigenvalue weighted by atomic mass is 16.5. The van der Waals surface area contributed by atoms with Crippen LogP contribution in [-0.4, -0.2) is 31.6 Å². The van der Waals surface area contributed by atoms with E-state index in [4.69, 9.17) is 18.9 Å². The monoisotopic (exact) mass is 443 g/mol. The number of nitrogens with zero attached hydrogens (tertiary/aromatic N) is 1. The Labute approximate surface area is 193 Å². The molecule has 168 valence electrons. The smallest absolute Gasteiger partial charge is 0.231 e. The van der Waals surface area contributed by atoms with Crippen molar-refractivity contribution >= 4 is 11.9 Å². The first-order valence-corrected chi connectivity index (χ1v) is 10.8. The minimum absolute atomic E-state index is 0.133. The number of methoxy groups -OCH3 is 2. The molecule has 0 bridgehead atoms. The minimum atomic E-state index is -0.133. The molecule has 0 radical (unpaired) electrons. The lowest BCUT2D eigenvalue weighted by molar-refractivity contribution is 0.0876. The molecule has 0 unspecified atom stereocenters. The van der Waals surface area contributed by atoms with Crippen molar-refractivity contribution in [2.75, 3.05) is 21.0 Å². The van der Waals surface area contributed by atoms with Crippen molar-refractivity contribution in [3.8, 4) is 23.0 Å². The van der Waals surface area contributed by atoms with Gasteiger partial charge in [0.15, 0.2) is 17.3 Å². The molecule has 0 aromatic heterocycles. The number of carbonyl (C=O) groups is 1. The summed E-state index contributed by atoms with van der Waals surface area (Å²) in [4.78, 5) is 15.4. The first-order valence-electron chi connectivity index (χ1n) is 10.8. The Balaban J connectivity index is 1.42. The van der Waals surface area contributed by atoms with Gasteiger partial charge in [-0.1, -0.05) is 36.4 Å². The Kier molecular flexibility index (Phi) is 5.52. The van der Waals surface area contributed by atoms with Gasteiger partial charge in [0.2, 0.25) is 5.78 Å². The Morgan fingerprint density at radius 3 is 2.55 bits per heavy atom.